The van der Waals surface area contributed by atoms with Gasteiger partial charge >= 0.3 is 0 Å². The Morgan fingerprint density at radius 1 is 1.83 bits per heavy atom. The SMILES string of the molecule is CN(OCc1cccs1)C(=N)N. The molecule has 1 aromatic heterocycles. The smallest absolute Gasteiger partial charge is 0.212 e. The number of guanidine groups is 1. The summed E-state index contributed by atoms with van der Waals surface area (Å²) in [5.74, 6) is -0.0912. The molecule has 0 radical (unpaired) electrons. The maximum atomic E-state index is 7.01. The van der Waals surface area contributed by atoms with Crippen LogP contribution < -0.4 is 5.73 Å². The lowest BCUT2D eigenvalue weighted by atomic mass is 10.5. The third-order valence-corrected chi connectivity index (χ3v) is 2.17. The fourth-order valence-electron chi connectivity index (χ4n) is 0.625. The van der Waals surface area contributed by atoms with E-state index in [1.807, 2.05) is 17.5 Å². The number of hydrogen-bond acceptors (Lipinski definition) is 3. The van der Waals surface area contributed by atoms with Crippen LogP contribution in [0.25, 0.3) is 0 Å². The van der Waals surface area contributed by atoms with Gasteiger partial charge < -0.3 is 5.73 Å². The minimum absolute atomic E-state index is 0.0912. The molecule has 0 spiro atoms. The van der Waals surface area contributed by atoms with E-state index < -0.39 is 0 Å². The predicted octanol–water partition coefficient (Wildman–Crippen LogP) is 1.00. The van der Waals surface area contributed by atoms with Crippen LogP contribution in [0.1, 0.15) is 4.88 Å². The van der Waals surface area contributed by atoms with Crippen molar-refractivity contribution in [2.75, 3.05) is 7.05 Å². The Balaban J connectivity index is 2.31. The lowest BCUT2D eigenvalue weighted by Gasteiger charge is -2.14. The van der Waals surface area contributed by atoms with E-state index in [-0.39, 0.29) is 5.96 Å². The Labute approximate surface area is 75.0 Å². The van der Waals surface area contributed by atoms with Crippen LogP contribution in [0.15, 0.2) is 17.5 Å². The first-order valence-corrected chi connectivity index (χ1v) is 4.31. The summed E-state index contributed by atoms with van der Waals surface area (Å²) in [4.78, 5) is 6.26. The summed E-state index contributed by atoms with van der Waals surface area (Å²) in [6.07, 6.45) is 0. The van der Waals surface area contributed by atoms with Gasteiger partial charge in [-0.1, -0.05) is 6.07 Å². The fourth-order valence-corrected chi connectivity index (χ4v) is 1.23. The van der Waals surface area contributed by atoms with Crippen molar-refractivity contribution >= 4 is 17.3 Å². The summed E-state index contributed by atoms with van der Waals surface area (Å²) in [5.41, 5.74) is 5.16. The van der Waals surface area contributed by atoms with Gasteiger partial charge in [0.15, 0.2) is 0 Å². The molecule has 5 heteroatoms. The van der Waals surface area contributed by atoms with Crippen LogP contribution in [0.5, 0.6) is 0 Å². The average Bonchev–Trinajstić information content (AvgIpc) is 2.51. The summed E-state index contributed by atoms with van der Waals surface area (Å²) in [6.45, 7) is 0.466. The van der Waals surface area contributed by atoms with Crippen LogP contribution in [0.3, 0.4) is 0 Å². The zero-order chi connectivity index (χ0) is 8.97. The van der Waals surface area contributed by atoms with Crippen molar-refractivity contribution in [1.29, 1.82) is 5.41 Å². The number of nitrogens with one attached hydrogen (secondary N) is 1. The van der Waals surface area contributed by atoms with E-state index in [4.69, 9.17) is 16.0 Å². The van der Waals surface area contributed by atoms with Gasteiger partial charge in [-0.3, -0.25) is 10.2 Å². The van der Waals surface area contributed by atoms with Gasteiger partial charge in [-0.15, -0.1) is 11.3 Å². The highest BCUT2D eigenvalue weighted by atomic mass is 32.1. The molecule has 0 amide bonds. The van der Waals surface area contributed by atoms with Gasteiger partial charge in [-0.05, 0) is 11.4 Å². The van der Waals surface area contributed by atoms with Crippen LogP contribution in [-0.4, -0.2) is 18.1 Å². The van der Waals surface area contributed by atoms with E-state index in [2.05, 4.69) is 0 Å². The predicted molar refractivity (Wildman–Crippen MR) is 48.8 cm³/mol. The lowest BCUT2D eigenvalue weighted by molar-refractivity contribution is -0.0922. The van der Waals surface area contributed by atoms with E-state index >= 15 is 0 Å². The average molecular weight is 185 g/mol. The van der Waals surface area contributed by atoms with Crippen LogP contribution in [-0.2, 0) is 11.4 Å². The zero-order valence-corrected chi connectivity index (χ0v) is 7.60. The molecule has 0 atom stereocenters. The van der Waals surface area contributed by atoms with Crippen molar-refractivity contribution in [3.8, 4) is 0 Å². The molecular weight excluding hydrogens is 174 g/mol. The minimum Gasteiger partial charge on any atom is -0.368 e. The Kier molecular flexibility index (Phi) is 3.07. The van der Waals surface area contributed by atoms with E-state index in [1.165, 1.54) is 5.06 Å². The molecule has 3 N–H and O–H groups in total. The molecule has 1 aromatic rings. The molecule has 0 saturated heterocycles. The van der Waals surface area contributed by atoms with Crippen molar-refractivity contribution in [1.82, 2.24) is 5.06 Å². The largest absolute Gasteiger partial charge is 0.368 e. The molecule has 4 nitrogen and oxygen atoms in total. The first-order valence-electron chi connectivity index (χ1n) is 3.43. The molecule has 0 aromatic carbocycles. The molecule has 0 fully saturated rings. The molecule has 0 aliphatic heterocycles. The molecule has 0 aliphatic carbocycles. The van der Waals surface area contributed by atoms with Gasteiger partial charge in [0.2, 0.25) is 5.96 Å². The third kappa shape index (κ3) is 2.52. The van der Waals surface area contributed by atoms with Crippen molar-refractivity contribution in [3.63, 3.8) is 0 Å². The first kappa shape index (κ1) is 9.02. The van der Waals surface area contributed by atoms with Crippen molar-refractivity contribution in [2.24, 2.45) is 5.73 Å². The summed E-state index contributed by atoms with van der Waals surface area (Å²) >= 11 is 1.61. The van der Waals surface area contributed by atoms with Gasteiger partial charge in [0, 0.05) is 11.9 Å². The number of nitrogens with zero attached hydrogens (tertiary/aromatic N) is 1. The number of nitrogens with two attached hydrogens (primary N) is 1. The maximum absolute atomic E-state index is 7.01. The summed E-state index contributed by atoms with van der Waals surface area (Å²) in [6, 6.07) is 3.93. The highest BCUT2D eigenvalue weighted by Crippen LogP contribution is 2.09. The molecule has 1 heterocycles. The molecule has 66 valence electrons. The lowest BCUT2D eigenvalue weighted by Crippen LogP contribution is -2.32. The molecule has 0 unspecified atom stereocenters. The third-order valence-electron chi connectivity index (χ3n) is 1.32. The standard InChI is InChI=1S/C7H11N3OS/c1-10(7(8)9)11-5-6-3-2-4-12-6/h2-4H,5H2,1H3,(H3,8,9). The topological polar surface area (TPSA) is 62.3 Å². The van der Waals surface area contributed by atoms with E-state index in [0.717, 1.165) is 4.88 Å². The highest BCUT2D eigenvalue weighted by Gasteiger charge is 2.00. The molecule has 1 rings (SSSR count). The molecule has 0 bridgehead atoms. The summed E-state index contributed by atoms with van der Waals surface area (Å²) in [5, 5.41) is 10.2. The number of hydroxylamine groups is 2. The van der Waals surface area contributed by atoms with Crippen molar-refractivity contribution < 1.29 is 4.84 Å². The fraction of sp³-hybridized carbons (Fsp3) is 0.286. The zero-order valence-electron chi connectivity index (χ0n) is 6.78. The normalized spacial score (nSPS) is 9.75. The quantitative estimate of drug-likeness (QED) is 0.419. The van der Waals surface area contributed by atoms with Gasteiger partial charge in [-0.2, -0.15) is 0 Å². The van der Waals surface area contributed by atoms with Crippen LogP contribution >= 0.6 is 11.3 Å². The summed E-state index contributed by atoms with van der Waals surface area (Å²) in [7, 11) is 1.61. The van der Waals surface area contributed by atoms with Gasteiger partial charge in [0.25, 0.3) is 0 Å². The van der Waals surface area contributed by atoms with Crippen molar-refractivity contribution in [3.05, 3.63) is 22.4 Å². The number of rotatable bonds is 3. The molecule has 0 saturated carbocycles. The Bertz CT molecular complexity index is 247. The second-order valence-electron chi connectivity index (χ2n) is 2.24. The molecule has 12 heavy (non-hydrogen) atoms. The molecular formula is C7H11N3OS. The number of thiophene rings is 1. The van der Waals surface area contributed by atoms with Gasteiger partial charge in [-0.25, -0.2) is 5.06 Å². The van der Waals surface area contributed by atoms with Crippen LogP contribution in [0.2, 0.25) is 0 Å². The highest BCUT2D eigenvalue weighted by molar-refractivity contribution is 7.09. The second-order valence-corrected chi connectivity index (χ2v) is 3.27. The van der Waals surface area contributed by atoms with Crippen LogP contribution in [0.4, 0.5) is 0 Å². The minimum atomic E-state index is -0.0912. The van der Waals surface area contributed by atoms with Gasteiger partial charge in [0.05, 0.1) is 0 Å². The van der Waals surface area contributed by atoms with E-state index in [9.17, 15) is 0 Å². The van der Waals surface area contributed by atoms with Crippen molar-refractivity contribution in [2.45, 2.75) is 6.61 Å². The Morgan fingerprint density at radius 3 is 3.08 bits per heavy atom. The maximum Gasteiger partial charge on any atom is 0.212 e. The van der Waals surface area contributed by atoms with E-state index in [0.29, 0.717) is 6.61 Å². The van der Waals surface area contributed by atoms with Gasteiger partial charge in [0.1, 0.15) is 6.61 Å². The molecule has 0 aliphatic rings. The number of hydrogen-bond donors (Lipinski definition) is 2. The second kappa shape index (κ2) is 4.08. The first-order chi connectivity index (χ1) is 5.70. The Morgan fingerprint density at radius 2 is 2.58 bits per heavy atom. The monoisotopic (exact) mass is 185 g/mol. The summed E-state index contributed by atoms with van der Waals surface area (Å²) < 4.78 is 0. The van der Waals surface area contributed by atoms with E-state index in [1.54, 1.807) is 18.4 Å². The Hall–Kier alpha value is -1.07. The van der Waals surface area contributed by atoms with Crippen LogP contribution in [0, 0.1) is 5.41 Å².